The molecule has 4 nitrogen and oxygen atoms in total. The SMILES string of the molecule is CCC(=O)OC(C)(C)CCC(C)(OC)OC. The summed E-state index contributed by atoms with van der Waals surface area (Å²) >= 11 is 0. The quantitative estimate of drug-likeness (QED) is 0.500. The third-order valence-corrected chi connectivity index (χ3v) is 2.72. The maximum absolute atomic E-state index is 11.2. The molecule has 96 valence electrons. The first kappa shape index (κ1) is 15.4. The van der Waals surface area contributed by atoms with Crippen LogP contribution in [-0.4, -0.2) is 31.6 Å². The van der Waals surface area contributed by atoms with Gasteiger partial charge in [0.1, 0.15) is 5.60 Å². The molecule has 0 aromatic heterocycles. The second kappa shape index (κ2) is 6.21. The molecule has 0 aliphatic carbocycles. The Morgan fingerprint density at radius 3 is 1.94 bits per heavy atom. The van der Waals surface area contributed by atoms with Crippen molar-refractivity contribution >= 4 is 5.97 Å². The Balaban J connectivity index is 4.21. The highest BCUT2D eigenvalue weighted by Crippen LogP contribution is 2.25. The van der Waals surface area contributed by atoms with E-state index in [0.29, 0.717) is 19.3 Å². The summed E-state index contributed by atoms with van der Waals surface area (Å²) in [5.41, 5.74) is -0.481. The van der Waals surface area contributed by atoms with Crippen molar-refractivity contribution in [2.75, 3.05) is 14.2 Å². The van der Waals surface area contributed by atoms with Gasteiger partial charge < -0.3 is 14.2 Å². The molecule has 0 aromatic carbocycles. The van der Waals surface area contributed by atoms with Crippen molar-refractivity contribution in [3.05, 3.63) is 0 Å². The van der Waals surface area contributed by atoms with Gasteiger partial charge in [-0.3, -0.25) is 4.79 Å². The minimum atomic E-state index is -0.615. The van der Waals surface area contributed by atoms with E-state index in [4.69, 9.17) is 14.2 Å². The number of esters is 1. The van der Waals surface area contributed by atoms with Crippen molar-refractivity contribution < 1.29 is 19.0 Å². The monoisotopic (exact) mass is 232 g/mol. The number of rotatable bonds is 7. The average molecular weight is 232 g/mol. The summed E-state index contributed by atoms with van der Waals surface area (Å²) in [7, 11) is 3.21. The Bertz CT molecular complexity index is 219. The van der Waals surface area contributed by atoms with E-state index >= 15 is 0 Å². The van der Waals surface area contributed by atoms with Crippen molar-refractivity contribution in [1.29, 1.82) is 0 Å². The molecule has 0 unspecified atom stereocenters. The number of ether oxygens (including phenoxy) is 3. The van der Waals surface area contributed by atoms with Crippen molar-refractivity contribution in [1.82, 2.24) is 0 Å². The molecule has 0 heterocycles. The van der Waals surface area contributed by atoms with Gasteiger partial charge in [-0.2, -0.15) is 0 Å². The lowest BCUT2D eigenvalue weighted by atomic mass is 9.98. The molecule has 0 aliphatic heterocycles. The van der Waals surface area contributed by atoms with Crippen LogP contribution < -0.4 is 0 Å². The van der Waals surface area contributed by atoms with Crippen LogP contribution in [0.25, 0.3) is 0 Å². The highest BCUT2D eigenvalue weighted by molar-refractivity contribution is 5.69. The van der Waals surface area contributed by atoms with Gasteiger partial charge >= 0.3 is 5.97 Å². The molecule has 0 aromatic rings. The van der Waals surface area contributed by atoms with Crippen molar-refractivity contribution in [2.45, 2.75) is 58.3 Å². The molecule has 0 saturated heterocycles. The Hall–Kier alpha value is -0.610. The van der Waals surface area contributed by atoms with Crippen molar-refractivity contribution in [2.24, 2.45) is 0 Å². The third kappa shape index (κ3) is 5.47. The van der Waals surface area contributed by atoms with Crippen LogP contribution >= 0.6 is 0 Å². The fraction of sp³-hybridized carbons (Fsp3) is 0.917. The molecule has 0 amide bonds. The van der Waals surface area contributed by atoms with Crippen LogP contribution in [-0.2, 0) is 19.0 Å². The van der Waals surface area contributed by atoms with Gasteiger partial charge in [0, 0.05) is 27.1 Å². The van der Waals surface area contributed by atoms with E-state index in [2.05, 4.69) is 0 Å². The van der Waals surface area contributed by atoms with Gasteiger partial charge in [-0.05, 0) is 27.2 Å². The standard InChI is InChI=1S/C12H24O4/c1-7-10(13)16-11(2,3)8-9-12(4,14-5)15-6/h7-9H2,1-6H3. The number of methoxy groups -OCH3 is 2. The van der Waals surface area contributed by atoms with Crippen LogP contribution in [0.3, 0.4) is 0 Å². The predicted molar refractivity (Wildman–Crippen MR) is 62.1 cm³/mol. The van der Waals surface area contributed by atoms with Crippen LogP contribution in [0.5, 0.6) is 0 Å². The predicted octanol–water partition coefficient (Wildman–Crippen LogP) is 2.51. The second-order valence-corrected chi connectivity index (χ2v) is 4.63. The summed E-state index contributed by atoms with van der Waals surface area (Å²) in [5.74, 6) is -0.794. The smallest absolute Gasteiger partial charge is 0.306 e. The summed E-state index contributed by atoms with van der Waals surface area (Å²) < 4.78 is 15.8. The van der Waals surface area contributed by atoms with E-state index < -0.39 is 11.4 Å². The van der Waals surface area contributed by atoms with Crippen LogP contribution in [0.4, 0.5) is 0 Å². The maximum atomic E-state index is 11.2. The lowest BCUT2D eigenvalue weighted by Gasteiger charge is -2.31. The lowest BCUT2D eigenvalue weighted by Crippen LogP contribution is -2.35. The minimum Gasteiger partial charge on any atom is -0.460 e. The van der Waals surface area contributed by atoms with Crippen LogP contribution in [0, 0.1) is 0 Å². The van der Waals surface area contributed by atoms with E-state index in [1.807, 2.05) is 20.8 Å². The largest absolute Gasteiger partial charge is 0.460 e. The first-order valence-corrected chi connectivity index (χ1v) is 5.60. The second-order valence-electron chi connectivity index (χ2n) is 4.63. The molecule has 0 radical (unpaired) electrons. The van der Waals surface area contributed by atoms with Crippen LogP contribution in [0.15, 0.2) is 0 Å². The Labute approximate surface area is 98.3 Å². The Kier molecular flexibility index (Phi) is 5.97. The van der Waals surface area contributed by atoms with Gasteiger partial charge in [-0.25, -0.2) is 0 Å². The van der Waals surface area contributed by atoms with Gasteiger partial charge in [0.05, 0.1) is 0 Å². The first-order valence-electron chi connectivity index (χ1n) is 5.60. The van der Waals surface area contributed by atoms with Gasteiger partial charge in [0.25, 0.3) is 0 Å². The Morgan fingerprint density at radius 1 is 1.06 bits per heavy atom. The molecule has 0 fully saturated rings. The molecule has 16 heavy (non-hydrogen) atoms. The number of carbonyl (C=O) groups is 1. The Morgan fingerprint density at radius 2 is 1.56 bits per heavy atom. The van der Waals surface area contributed by atoms with E-state index in [1.165, 1.54) is 0 Å². The number of hydrogen-bond acceptors (Lipinski definition) is 4. The zero-order valence-corrected chi connectivity index (χ0v) is 11.3. The summed E-state index contributed by atoms with van der Waals surface area (Å²) in [5, 5.41) is 0. The summed E-state index contributed by atoms with van der Waals surface area (Å²) in [6.07, 6.45) is 1.76. The molecule has 4 heteroatoms. The molecular formula is C12H24O4. The van der Waals surface area contributed by atoms with E-state index in [-0.39, 0.29) is 5.97 Å². The van der Waals surface area contributed by atoms with Crippen LogP contribution in [0.2, 0.25) is 0 Å². The summed E-state index contributed by atoms with van der Waals surface area (Å²) in [6, 6.07) is 0. The van der Waals surface area contributed by atoms with E-state index in [9.17, 15) is 4.79 Å². The molecule has 0 bridgehead atoms. The molecule has 0 rings (SSSR count). The van der Waals surface area contributed by atoms with Crippen LogP contribution in [0.1, 0.15) is 47.0 Å². The molecular weight excluding hydrogens is 208 g/mol. The zero-order chi connectivity index (χ0) is 12.8. The molecule has 0 spiro atoms. The maximum Gasteiger partial charge on any atom is 0.306 e. The van der Waals surface area contributed by atoms with Gasteiger partial charge in [0.15, 0.2) is 5.79 Å². The first-order chi connectivity index (χ1) is 7.28. The highest BCUT2D eigenvalue weighted by atomic mass is 16.7. The van der Waals surface area contributed by atoms with E-state index in [1.54, 1.807) is 21.1 Å². The fourth-order valence-electron chi connectivity index (χ4n) is 1.25. The molecule has 0 aliphatic rings. The summed E-state index contributed by atoms with van der Waals surface area (Å²) in [6.45, 7) is 7.44. The van der Waals surface area contributed by atoms with E-state index in [0.717, 1.165) is 0 Å². The normalized spacial score (nSPS) is 12.6. The van der Waals surface area contributed by atoms with Gasteiger partial charge in [-0.1, -0.05) is 6.92 Å². The topological polar surface area (TPSA) is 44.8 Å². The fourth-order valence-corrected chi connectivity index (χ4v) is 1.25. The zero-order valence-electron chi connectivity index (χ0n) is 11.3. The van der Waals surface area contributed by atoms with Crippen molar-refractivity contribution in [3.63, 3.8) is 0 Å². The highest BCUT2D eigenvalue weighted by Gasteiger charge is 2.29. The average Bonchev–Trinajstić information content (AvgIpc) is 2.25. The third-order valence-electron chi connectivity index (χ3n) is 2.72. The molecule has 0 atom stereocenters. The van der Waals surface area contributed by atoms with Gasteiger partial charge in [0.2, 0.25) is 0 Å². The number of hydrogen-bond donors (Lipinski definition) is 0. The van der Waals surface area contributed by atoms with Gasteiger partial charge in [-0.15, -0.1) is 0 Å². The molecule has 0 N–H and O–H groups in total. The minimum absolute atomic E-state index is 0.179. The lowest BCUT2D eigenvalue weighted by molar-refractivity contribution is -0.205. The number of carbonyl (C=O) groups excluding carboxylic acids is 1. The molecule has 0 saturated carbocycles. The summed E-state index contributed by atoms with van der Waals surface area (Å²) in [4.78, 5) is 11.2. The van der Waals surface area contributed by atoms with Crippen molar-refractivity contribution in [3.8, 4) is 0 Å².